The average Bonchev–Trinajstić information content (AvgIpc) is 2.58. The van der Waals surface area contributed by atoms with Gasteiger partial charge in [-0.3, -0.25) is 0 Å². The molecule has 0 aliphatic rings. The van der Waals surface area contributed by atoms with Gasteiger partial charge in [-0.1, -0.05) is 55.5 Å². The van der Waals surface area contributed by atoms with Crippen LogP contribution in [0.2, 0.25) is 0 Å². The second kappa shape index (κ2) is 8.45. The standard InChI is InChI=1S/C20H28N2OS/c1-16(15-21-24(23)20(2,3)4)19(17-11-7-5-8-12-17)22-18-13-9-6-10-14-18/h5-14,16,19,21-22H,15H2,1-4H3/t16?,19-,24?/m0/s1. The van der Waals surface area contributed by atoms with E-state index in [9.17, 15) is 4.21 Å². The number of anilines is 1. The Hall–Kier alpha value is -1.65. The highest BCUT2D eigenvalue weighted by Gasteiger charge is 2.23. The van der Waals surface area contributed by atoms with Crippen molar-refractivity contribution in [2.45, 2.75) is 38.5 Å². The molecule has 0 heterocycles. The van der Waals surface area contributed by atoms with Crippen molar-refractivity contribution in [3.05, 3.63) is 66.2 Å². The molecule has 0 saturated heterocycles. The highest BCUT2D eigenvalue weighted by molar-refractivity contribution is 7.84. The summed E-state index contributed by atoms with van der Waals surface area (Å²) in [6.45, 7) is 8.82. The van der Waals surface area contributed by atoms with Gasteiger partial charge >= 0.3 is 0 Å². The maximum absolute atomic E-state index is 12.3. The lowest BCUT2D eigenvalue weighted by Gasteiger charge is -2.28. The molecule has 0 aliphatic heterocycles. The van der Waals surface area contributed by atoms with Gasteiger partial charge in [-0.05, 0) is 44.4 Å². The third kappa shape index (κ3) is 5.46. The molecule has 2 rings (SSSR count). The van der Waals surface area contributed by atoms with Crippen LogP contribution in [0.15, 0.2) is 60.7 Å². The lowest BCUT2D eigenvalue weighted by atomic mass is 9.94. The predicted octanol–water partition coefficient (Wildman–Crippen LogP) is 4.53. The SMILES string of the molecule is CC(CNS(=O)C(C)(C)C)[C@H](Nc1ccccc1)c1ccccc1. The van der Waals surface area contributed by atoms with Crippen molar-refractivity contribution in [3.8, 4) is 0 Å². The number of nitrogens with one attached hydrogen (secondary N) is 2. The molecule has 3 atom stereocenters. The summed E-state index contributed by atoms with van der Waals surface area (Å²) in [6, 6.07) is 20.8. The zero-order valence-corrected chi connectivity index (χ0v) is 15.8. The highest BCUT2D eigenvalue weighted by Crippen LogP contribution is 2.26. The van der Waals surface area contributed by atoms with Gasteiger partial charge in [0.2, 0.25) is 0 Å². The van der Waals surface area contributed by atoms with Gasteiger partial charge in [-0.15, -0.1) is 0 Å². The molecule has 0 fully saturated rings. The summed E-state index contributed by atoms with van der Waals surface area (Å²) in [6.07, 6.45) is 0. The second-order valence-corrected chi connectivity index (χ2v) is 9.16. The fourth-order valence-corrected chi connectivity index (χ4v) is 3.32. The van der Waals surface area contributed by atoms with Crippen LogP contribution < -0.4 is 10.0 Å². The summed E-state index contributed by atoms with van der Waals surface area (Å²) in [5.74, 6) is 0.277. The molecule has 0 bridgehead atoms. The quantitative estimate of drug-likeness (QED) is 0.775. The molecule has 2 unspecified atom stereocenters. The van der Waals surface area contributed by atoms with Crippen molar-refractivity contribution in [1.82, 2.24) is 4.72 Å². The van der Waals surface area contributed by atoms with Crippen molar-refractivity contribution in [1.29, 1.82) is 0 Å². The third-order valence-corrected chi connectivity index (χ3v) is 5.46. The Bertz CT molecular complexity index is 638. The summed E-state index contributed by atoms with van der Waals surface area (Å²) in [4.78, 5) is 0. The molecule has 130 valence electrons. The Labute approximate surface area is 148 Å². The molecule has 2 aromatic rings. The molecule has 0 amide bonds. The van der Waals surface area contributed by atoms with E-state index in [1.54, 1.807) is 0 Å². The molecule has 0 saturated carbocycles. The van der Waals surface area contributed by atoms with Crippen molar-refractivity contribution in [3.63, 3.8) is 0 Å². The average molecular weight is 345 g/mol. The first kappa shape index (κ1) is 18.7. The van der Waals surface area contributed by atoms with Crippen LogP contribution in [0, 0.1) is 5.92 Å². The van der Waals surface area contributed by atoms with Gasteiger partial charge in [0.1, 0.15) is 0 Å². The summed E-state index contributed by atoms with van der Waals surface area (Å²) < 4.78 is 15.2. The Morgan fingerprint density at radius 3 is 2.04 bits per heavy atom. The smallest absolute Gasteiger partial charge is 0.0970 e. The van der Waals surface area contributed by atoms with E-state index in [-0.39, 0.29) is 16.7 Å². The molecule has 0 spiro atoms. The zero-order chi connectivity index (χ0) is 17.6. The first-order valence-electron chi connectivity index (χ1n) is 8.40. The molecule has 4 heteroatoms. The molecular formula is C20H28N2OS. The summed E-state index contributed by atoms with van der Waals surface area (Å²) >= 11 is 0. The number of hydrogen-bond acceptors (Lipinski definition) is 2. The van der Waals surface area contributed by atoms with Crippen molar-refractivity contribution < 1.29 is 4.21 Å². The van der Waals surface area contributed by atoms with E-state index < -0.39 is 11.0 Å². The molecule has 0 radical (unpaired) electrons. The topological polar surface area (TPSA) is 41.1 Å². The maximum atomic E-state index is 12.3. The molecule has 3 nitrogen and oxygen atoms in total. The number of benzene rings is 2. The number of rotatable bonds is 7. The van der Waals surface area contributed by atoms with E-state index in [1.807, 2.05) is 45.0 Å². The minimum Gasteiger partial charge on any atom is -0.378 e. The number of para-hydroxylation sites is 1. The van der Waals surface area contributed by atoms with Crippen molar-refractivity contribution in [2.75, 3.05) is 11.9 Å². The summed E-state index contributed by atoms with van der Waals surface area (Å²) in [5.41, 5.74) is 2.33. The first-order valence-corrected chi connectivity index (χ1v) is 9.55. The van der Waals surface area contributed by atoms with E-state index in [0.29, 0.717) is 6.54 Å². The largest absolute Gasteiger partial charge is 0.378 e. The van der Waals surface area contributed by atoms with Gasteiger partial charge in [0.15, 0.2) is 0 Å². The lowest BCUT2D eigenvalue weighted by molar-refractivity contribution is 0.489. The van der Waals surface area contributed by atoms with Crippen LogP contribution in [-0.4, -0.2) is 15.5 Å². The minimum absolute atomic E-state index is 0.151. The van der Waals surface area contributed by atoms with Gasteiger partial charge in [0.05, 0.1) is 21.8 Å². The second-order valence-electron chi connectivity index (χ2n) is 7.11. The van der Waals surface area contributed by atoms with Crippen LogP contribution in [0.5, 0.6) is 0 Å². The first-order chi connectivity index (χ1) is 11.4. The van der Waals surface area contributed by atoms with Crippen molar-refractivity contribution in [2.24, 2.45) is 5.92 Å². The fraction of sp³-hybridized carbons (Fsp3) is 0.400. The summed E-state index contributed by atoms with van der Waals surface area (Å²) in [7, 11) is -1.06. The van der Waals surface area contributed by atoms with Gasteiger partial charge in [-0.25, -0.2) is 8.93 Å². The number of hydrogen-bond donors (Lipinski definition) is 2. The monoisotopic (exact) mass is 344 g/mol. The molecule has 0 aromatic heterocycles. The van der Waals surface area contributed by atoms with Crippen LogP contribution in [0.1, 0.15) is 39.3 Å². The lowest BCUT2D eigenvalue weighted by Crippen LogP contribution is -2.37. The predicted molar refractivity (Wildman–Crippen MR) is 104 cm³/mol. The van der Waals surface area contributed by atoms with E-state index in [0.717, 1.165) is 5.69 Å². The van der Waals surface area contributed by atoms with Crippen LogP contribution in [0.4, 0.5) is 5.69 Å². The van der Waals surface area contributed by atoms with E-state index in [4.69, 9.17) is 0 Å². The fourth-order valence-electron chi connectivity index (χ4n) is 2.47. The normalized spacial score (nSPS) is 15.5. The van der Waals surface area contributed by atoms with Gasteiger partial charge < -0.3 is 5.32 Å². The molecule has 2 N–H and O–H groups in total. The zero-order valence-electron chi connectivity index (χ0n) is 15.0. The van der Waals surface area contributed by atoms with E-state index in [2.05, 4.69) is 53.4 Å². The Kier molecular flexibility index (Phi) is 6.58. The Morgan fingerprint density at radius 2 is 1.50 bits per heavy atom. The molecular weight excluding hydrogens is 316 g/mol. The molecule has 24 heavy (non-hydrogen) atoms. The van der Waals surface area contributed by atoms with E-state index >= 15 is 0 Å². The summed E-state index contributed by atoms with van der Waals surface area (Å²) in [5, 5.41) is 3.62. The molecule has 2 aromatic carbocycles. The molecule has 0 aliphatic carbocycles. The Morgan fingerprint density at radius 1 is 0.958 bits per heavy atom. The van der Waals surface area contributed by atoms with Gasteiger partial charge in [0, 0.05) is 12.2 Å². The Balaban J connectivity index is 2.12. The van der Waals surface area contributed by atoms with Crippen LogP contribution in [0.25, 0.3) is 0 Å². The van der Waals surface area contributed by atoms with Crippen LogP contribution >= 0.6 is 0 Å². The van der Waals surface area contributed by atoms with Crippen LogP contribution in [-0.2, 0) is 11.0 Å². The maximum Gasteiger partial charge on any atom is 0.0970 e. The minimum atomic E-state index is -1.06. The van der Waals surface area contributed by atoms with E-state index in [1.165, 1.54) is 5.56 Å². The highest BCUT2D eigenvalue weighted by atomic mass is 32.2. The third-order valence-electron chi connectivity index (χ3n) is 3.92. The van der Waals surface area contributed by atoms with Crippen LogP contribution in [0.3, 0.4) is 0 Å². The van der Waals surface area contributed by atoms with Gasteiger partial charge in [0.25, 0.3) is 0 Å². The van der Waals surface area contributed by atoms with Crippen molar-refractivity contribution >= 4 is 16.7 Å². The van der Waals surface area contributed by atoms with Gasteiger partial charge in [-0.2, -0.15) is 0 Å².